The van der Waals surface area contributed by atoms with Crippen molar-refractivity contribution in [3.8, 4) is 0 Å². The Morgan fingerprint density at radius 1 is 1.27 bits per heavy atom. The minimum Gasteiger partial charge on any atom is -0.478 e. The van der Waals surface area contributed by atoms with Crippen LogP contribution in [0.4, 0.5) is 0 Å². The molecule has 0 heterocycles. The van der Waals surface area contributed by atoms with E-state index in [1.165, 1.54) is 0 Å². The minimum absolute atomic E-state index is 0.264. The van der Waals surface area contributed by atoms with E-state index in [2.05, 4.69) is 17.9 Å². The van der Waals surface area contributed by atoms with Gasteiger partial charge in [0.2, 0.25) is 0 Å². The molecule has 0 aromatic carbocycles. The first kappa shape index (κ1) is 15.9. The zero-order valence-corrected chi connectivity index (χ0v) is 9.50. The van der Waals surface area contributed by atoms with Gasteiger partial charge in [-0.1, -0.05) is 20.1 Å². The number of hydrogen-bond donors (Lipinski definition) is 1. The van der Waals surface area contributed by atoms with Crippen molar-refractivity contribution in [3.63, 3.8) is 0 Å². The molecule has 0 aromatic rings. The van der Waals surface area contributed by atoms with Crippen LogP contribution < -0.4 is 0 Å². The molecule has 0 aliphatic rings. The zero-order chi connectivity index (χ0) is 12.4. The molecule has 1 N–H and O–H groups in total. The van der Waals surface area contributed by atoms with Gasteiger partial charge in [-0.25, -0.2) is 9.59 Å². The van der Waals surface area contributed by atoms with Crippen molar-refractivity contribution in [2.45, 2.75) is 27.2 Å². The van der Waals surface area contributed by atoms with Crippen molar-refractivity contribution >= 4 is 11.9 Å². The Morgan fingerprint density at radius 3 is 1.80 bits per heavy atom. The molecule has 0 bridgehead atoms. The predicted molar refractivity (Wildman–Crippen MR) is 58.5 cm³/mol. The average molecular weight is 214 g/mol. The highest BCUT2D eigenvalue weighted by Gasteiger charge is 1.98. The summed E-state index contributed by atoms with van der Waals surface area (Å²) in [7, 11) is 0. The van der Waals surface area contributed by atoms with E-state index in [0.29, 0.717) is 18.6 Å². The lowest BCUT2D eigenvalue weighted by atomic mass is 10.2. The van der Waals surface area contributed by atoms with Crippen LogP contribution in [0.15, 0.2) is 24.3 Å². The number of rotatable bonds is 4. The van der Waals surface area contributed by atoms with E-state index in [4.69, 9.17) is 5.11 Å². The summed E-state index contributed by atoms with van der Waals surface area (Å²) in [4.78, 5) is 20.3. The molecule has 0 unspecified atom stereocenters. The van der Waals surface area contributed by atoms with Crippen molar-refractivity contribution in [3.05, 3.63) is 24.3 Å². The normalized spacial score (nSPS) is 8.20. The third-order valence-corrected chi connectivity index (χ3v) is 1.35. The fraction of sp³-hybridized carbons (Fsp3) is 0.455. The molecule has 0 spiro atoms. The van der Waals surface area contributed by atoms with E-state index in [1.54, 1.807) is 20.8 Å². The Balaban J connectivity index is 0. The molecule has 15 heavy (non-hydrogen) atoms. The van der Waals surface area contributed by atoms with Crippen LogP contribution in [0.25, 0.3) is 0 Å². The maximum absolute atomic E-state index is 10.4. The van der Waals surface area contributed by atoms with Gasteiger partial charge < -0.3 is 9.84 Å². The summed E-state index contributed by atoms with van der Waals surface area (Å²) in [5.74, 6) is -1.21. The lowest BCUT2D eigenvalue weighted by molar-refractivity contribution is -0.138. The predicted octanol–water partition coefficient (Wildman–Crippen LogP) is 2.16. The molecule has 0 saturated carbocycles. The van der Waals surface area contributed by atoms with Crippen molar-refractivity contribution < 1.29 is 19.4 Å². The van der Waals surface area contributed by atoms with Gasteiger partial charge in [0.05, 0.1) is 6.61 Å². The standard InChI is InChI=1S/C6H10O2.C5H8O2/c1-4-8-6(7)5(2)3;1-3-4(2)5(6)7/h2,4H2,1,3H3;2-3H2,1H3,(H,6,7). The summed E-state index contributed by atoms with van der Waals surface area (Å²) >= 11 is 0. The molecule has 4 nitrogen and oxygen atoms in total. The van der Waals surface area contributed by atoms with E-state index in [9.17, 15) is 9.59 Å². The molecule has 0 atom stereocenters. The van der Waals surface area contributed by atoms with Crippen molar-refractivity contribution in [2.24, 2.45) is 0 Å². The van der Waals surface area contributed by atoms with Gasteiger partial charge in [-0.2, -0.15) is 0 Å². The molecule has 0 saturated heterocycles. The molecule has 0 amide bonds. The maximum Gasteiger partial charge on any atom is 0.333 e. The first-order chi connectivity index (χ1) is 6.86. The van der Waals surface area contributed by atoms with Crippen LogP contribution in [-0.2, 0) is 14.3 Å². The number of carboxylic acids is 1. The monoisotopic (exact) mass is 214 g/mol. The second-order valence-corrected chi connectivity index (χ2v) is 2.76. The van der Waals surface area contributed by atoms with Crippen LogP contribution in [0, 0.1) is 0 Å². The van der Waals surface area contributed by atoms with Gasteiger partial charge in [-0.3, -0.25) is 0 Å². The largest absolute Gasteiger partial charge is 0.478 e. The summed E-state index contributed by atoms with van der Waals surface area (Å²) < 4.78 is 4.56. The van der Waals surface area contributed by atoms with Gasteiger partial charge in [0, 0.05) is 11.1 Å². The molecule has 0 aromatic heterocycles. The first-order valence-electron chi connectivity index (χ1n) is 4.60. The van der Waals surface area contributed by atoms with Crippen molar-refractivity contribution in [1.29, 1.82) is 0 Å². The molecule has 0 aliphatic heterocycles. The third kappa shape index (κ3) is 10.3. The molecule has 0 radical (unpaired) electrons. The highest BCUT2D eigenvalue weighted by molar-refractivity contribution is 5.86. The molecule has 0 aliphatic carbocycles. The fourth-order valence-electron chi connectivity index (χ4n) is 0.406. The number of esters is 1. The number of carbonyl (C=O) groups excluding carboxylic acids is 1. The maximum atomic E-state index is 10.4. The van der Waals surface area contributed by atoms with Crippen molar-refractivity contribution in [2.75, 3.05) is 6.61 Å². The lowest BCUT2D eigenvalue weighted by Gasteiger charge is -1.96. The number of carboxylic acid groups (broad SMARTS) is 1. The van der Waals surface area contributed by atoms with E-state index in [0.717, 1.165) is 0 Å². The average Bonchev–Trinajstić information content (AvgIpc) is 2.17. The minimum atomic E-state index is -0.900. The van der Waals surface area contributed by atoms with E-state index in [-0.39, 0.29) is 11.5 Å². The number of hydrogen-bond acceptors (Lipinski definition) is 3. The molecule has 4 heteroatoms. The van der Waals surface area contributed by atoms with Crippen LogP contribution in [0.2, 0.25) is 0 Å². The Hall–Kier alpha value is -1.58. The van der Waals surface area contributed by atoms with E-state index < -0.39 is 5.97 Å². The zero-order valence-electron chi connectivity index (χ0n) is 9.50. The van der Waals surface area contributed by atoms with Gasteiger partial charge in [-0.05, 0) is 20.3 Å². The highest BCUT2D eigenvalue weighted by atomic mass is 16.5. The van der Waals surface area contributed by atoms with Crippen LogP contribution in [0.3, 0.4) is 0 Å². The van der Waals surface area contributed by atoms with E-state index in [1.807, 2.05) is 0 Å². The SMILES string of the molecule is C=C(C)C(=O)OCC.C=C(CC)C(=O)O. The summed E-state index contributed by atoms with van der Waals surface area (Å²) in [6, 6.07) is 0. The number of carbonyl (C=O) groups is 2. The van der Waals surface area contributed by atoms with Gasteiger partial charge in [0.25, 0.3) is 0 Å². The Bertz CT molecular complexity index is 253. The summed E-state index contributed by atoms with van der Waals surface area (Å²) in [6.45, 7) is 12.2. The summed E-state index contributed by atoms with van der Waals surface area (Å²) in [5.41, 5.74) is 0.715. The van der Waals surface area contributed by atoms with Crippen LogP contribution >= 0.6 is 0 Å². The third-order valence-electron chi connectivity index (χ3n) is 1.35. The van der Waals surface area contributed by atoms with Gasteiger partial charge in [0.1, 0.15) is 0 Å². The van der Waals surface area contributed by atoms with Crippen molar-refractivity contribution in [1.82, 2.24) is 0 Å². The molecule has 86 valence electrons. The smallest absolute Gasteiger partial charge is 0.333 e. The van der Waals surface area contributed by atoms with Gasteiger partial charge in [0.15, 0.2) is 0 Å². The quantitative estimate of drug-likeness (QED) is 0.575. The van der Waals surface area contributed by atoms with Crippen LogP contribution in [0.5, 0.6) is 0 Å². The Morgan fingerprint density at radius 2 is 1.73 bits per heavy atom. The Kier molecular flexibility index (Phi) is 9.52. The van der Waals surface area contributed by atoms with Gasteiger partial charge in [-0.15, -0.1) is 0 Å². The lowest BCUT2D eigenvalue weighted by Crippen LogP contribution is -2.03. The Labute approximate surface area is 90.2 Å². The topological polar surface area (TPSA) is 63.6 Å². The second kappa shape index (κ2) is 8.99. The van der Waals surface area contributed by atoms with Crippen LogP contribution in [-0.4, -0.2) is 23.7 Å². The first-order valence-corrected chi connectivity index (χ1v) is 4.60. The molecular formula is C11H18O4. The van der Waals surface area contributed by atoms with Crippen LogP contribution in [0.1, 0.15) is 27.2 Å². The molecule has 0 fully saturated rings. The summed E-state index contributed by atoms with van der Waals surface area (Å²) in [6.07, 6.45) is 0.523. The number of ether oxygens (including phenoxy) is 1. The molecular weight excluding hydrogens is 196 g/mol. The summed E-state index contributed by atoms with van der Waals surface area (Å²) in [5, 5.41) is 8.08. The van der Waals surface area contributed by atoms with E-state index >= 15 is 0 Å². The molecule has 0 rings (SSSR count). The van der Waals surface area contributed by atoms with Gasteiger partial charge >= 0.3 is 11.9 Å². The second-order valence-electron chi connectivity index (χ2n) is 2.76. The fourth-order valence-corrected chi connectivity index (χ4v) is 0.406. The number of aliphatic carboxylic acids is 1. The highest BCUT2D eigenvalue weighted by Crippen LogP contribution is 1.93.